The Morgan fingerprint density at radius 2 is 0.806 bits per heavy atom. The van der Waals surface area contributed by atoms with Crippen LogP contribution in [-0.2, 0) is 85.8 Å². The second-order valence-corrected chi connectivity index (χ2v) is 40.0. The summed E-state index contributed by atoms with van der Waals surface area (Å²) in [6.45, 7) is 25.6. The number of aliphatic hydroxyl groups is 1. The molecule has 0 amide bonds. The highest BCUT2D eigenvalue weighted by molar-refractivity contribution is 5.82. The summed E-state index contributed by atoms with van der Waals surface area (Å²) >= 11 is 0. The summed E-state index contributed by atoms with van der Waals surface area (Å²) in [6.07, 6.45) is 17.1. The quantitative estimate of drug-likeness (QED) is 0.0908. The van der Waals surface area contributed by atoms with Crippen molar-refractivity contribution in [3.63, 3.8) is 0 Å². The number of carbonyl (C=O) groups excluding carboxylic acids is 9. The van der Waals surface area contributed by atoms with Gasteiger partial charge in [0.1, 0.15) is 24.4 Å². The number of cyclic esters (lactones) is 4. The normalized spacial score (nSPS) is 48.9. The minimum absolute atomic E-state index is 0.00286. The van der Waals surface area contributed by atoms with E-state index in [1.54, 1.807) is 0 Å². The first-order chi connectivity index (χ1) is 49.0. The van der Waals surface area contributed by atoms with Gasteiger partial charge in [-0.05, 0) is 301 Å². The fraction of sp³-hybridized carbons (Fsp3) is 0.893. The Morgan fingerprint density at radius 1 is 0.408 bits per heavy atom. The third kappa shape index (κ3) is 10.5. The van der Waals surface area contributed by atoms with Crippen molar-refractivity contribution in [1.82, 2.24) is 0 Å². The molecule has 20 aliphatic rings. The van der Waals surface area contributed by atoms with Gasteiger partial charge in [0.15, 0.2) is 6.61 Å². The molecule has 0 radical (unpaired) electrons. The summed E-state index contributed by atoms with van der Waals surface area (Å²) in [5, 5.41) is 10.1. The Morgan fingerprint density at radius 3 is 1.28 bits per heavy atom. The lowest BCUT2D eigenvalue weighted by molar-refractivity contribution is -0.172. The fourth-order valence-electron chi connectivity index (χ4n) is 29.4. The molecule has 16 saturated carbocycles. The van der Waals surface area contributed by atoms with Gasteiger partial charge >= 0.3 is 53.7 Å². The second-order valence-electron chi connectivity index (χ2n) is 40.0. The molecule has 4 saturated heterocycles. The van der Waals surface area contributed by atoms with Gasteiger partial charge in [0.2, 0.25) is 0 Å². The second kappa shape index (κ2) is 25.1. The topological polar surface area (TPSA) is 257 Å². The Hall–Kier alpha value is -4.81. The third-order valence-corrected chi connectivity index (χ3v) is 35.1. The molecule has 20 fully saturated rings. The van der Waals surface area contributed by atoms with Crippen molar-refractivity contribution in [1.29, 1.82) is 0 Å². The molecule has 4 aliphatic heterocycles. The first-order valence-corrected chi connectivity index (χ1v) is 41.3. The van der Waals surface area contributed by atoms with E-state index < -0.39 is 22.2 Å². The van der Waals surface area contributed by atoms with Gasteiger partial charge in [-0.15, -0.1) is 0 Å². The molecule has 36 atom stereocenters. The lowest BCUT2D eigenvalue weighted by Crippen LogP contribution is -2.49. The highest BCUT2D eigenvalue weighted by atomic mass is 16.6. The summed E-state index contributed by atoms with van der Waals surface area (Å²) in [5.41, 5.74) is -2.11. The number of aliphatic hydroxyl groups excluding tert-OH is 1. The Bertz CT molecular complexity index is 3460. The molecule has 19 heteroatoms. The van der Waals surface area contributed by atoms with E-state index in [9.17, 15) is 48.3 Å². The molecule has 568 valence electrons. The molecule has 16 bridgehead atoms. The monoisotopic (exact) mass is 1430 g/mol. The molecular weight excluding hydrogens is 1310 g/mol. The zero-order valence-corrected chi connectivity index (χ0v) is 63.3. The van der Waals surface area contributed by atoms with Gasteiger partial charge in [0, 0.05) is 36.2 Å². The zero-order chi connectivity index (χ0) is 72.5. The predicted molar refractivity (Wildman–Crippen MR) is 368 cm³/mol. The molecule has 4 heterocycles. The van der Waals surface area contributed by atoms with E-state index in [1.807, 2.05) is 83.1 Å². The summed E-state index contributed by atoms with van der Waals surface area (Å²) < 4.78 is 50.6. The Kier molecular flexibility index (Phi) is 17.4. The van der Waals surface area contributed by atoms with E-state index in [2.05, 4.69) is 0 Å². The van der Waals surface area contributed by atoms with Crippen molar-refractivity contribution in [3.05, 3.63) is 0 Å². The lowest BCUT2D eigenvalue weighted by Gasteiger charge is -2.45. The van der Waals surface area contributed by atoms with Crippen LogP contribution < -0.4 is 0 Å². The van der Waals surface area contributed by atoms with Crippen molar-refractivity contribution in [2.75, 3.05) is 39.6 Å². The van der Waals surface area contributed by atoms with Gasteiger partial charge in [0.25, 0.3) is 0 Å². The highest BCUT2D eigenvalue weighted by Gasteiger charge is 2.77. The van der Waals surface area contributed by atoms with Crippen LogP contribution in [0.4, 0.5) is 0 Å². The largest absolute Gasteiger partial charge is 0.465 e. The lowest BCUT2D eigenvalue weighted by atomic mass is 9.60. The number of hydrogen-bond donors (Lipinski definition) is 1. The maximum atomic E-state index is 12.7. The van der Waals surface area contributed by atoms with Gasteiger partial charge in [0.05, 0.1) is 71.3 Å². The van der Waals surface area contributed by atoms with Crippen LogP contribution in [0.15, 0.2) is 0 Å². The first kappa shape index (κ1) is 71.1. The number of rotatable bonds is 15. The highest BCUT2D eigenvalue weighted by Crippen LogP contribution is 2.77. The van der Waals surface area contributed by atoms with Crippen LogP contribution >= 0.6 is 0 Å². The molecule has 36 unspecified atom stereocenters. The number of esters is 9. The smallest absolute Gasteiger partial charge is 0.344 e. The molecule has 0 aromatic heterocycles. The molecule has 19 nitrogen and oxygen atoms in total. The van der Waals surface area contributed by atoms with E-state index in [4.69, 9.17) is 42.6 Å². The zero-order valence-electron chi connectivity index (χ0n) is 63.3. The van der Waals surface area contributed by atoms with Crippen LogP contribution in [0.3, 0.4) is 0 Å². The van der Waals surface area contributed by atoms with Crippen LogP contribution in [0, 0.1) is 211 Å². The Balaban J connectivity index is 0.000000102. The van der Waals surface area contributed by atoms with Crippen LogP contribution in [-0.4, -0.2) is 123 Å². The number of carbonyl (C=O) groups is 9. The molecule has 1 N–H and O–H groups in total. The van der Waals surface area contributed by atoms with E-state index in [1.165, 1.54) is 25.7 Å². The average molecular weight is 1430 g/mol. The number of hydrogen-bond acceptors (Lipinski definition) is 19. The molecule has 1 spiro atoms. The predicted octanol–water partition coefficient (Wildman–Crippen LogP) is 11.5. The van der Waals surface area contributed by atoms with E-state index >= 15 is 0 Å². The van der Waals surface area contributed by atoms with Crippen molar-refractivity contribution in [2.24, 2.45) is 211 Å². The van der Waals surface area contributed by atoms with Gasteiger partial charge in [-0.25, -0.2) is 4.79 Å². The fourth-order valence-corrected chi connectivity index (χ4v) is 29.4. The van der Waals surface area contributed by atoms with Crippen molar-refractivity contribution in [2.45, 2.75) is 217 Å². The van der Waals surface area contributed by atoms with Crippen molar-refractivity contribution < 1.29 is 90.9 Å². The molecule has 0 aromatic rings. The standard InChI is InChI=1S/C23H32O6.C21H30O5.2C20H28O4/c1-4-22(2,3)20(25)28-11-17(24)29-16-9-12-7-14(16)19-15-8-13(18(12)19)10-23(15)5-6-27-21(23)26;1-4-21(2,3)20(24)26-18-12-6-9(13(18)7-22)15-10-5-11(16(12)15)17-14(10)8-25-19(17)23;1-4-20(2,3)19(22)24-14-6-9-5-11(14)16-10-7-12(15(9)16)17-13(10)8-23-18(17)21;1-4-20(2,3)19(22)24-14-6-9-5-11(14)16-12-7-10(15(9)16)13-8-23-18(21)17(12)13/h12-16,18-19H,4-11H2,1-3H3;9-18,22H,4-8H2,1-3H3;2*9-17H,4-8H2,1-3H3. The van der Waals surface area contributed by atoms with Crippen LogP contribution in [0.25, 0.3) is 0 Å². The Labute approximate surface area is 608 Å². The molecular formula is C84H118O19. The van der Waals surface area contributed by atoms with Crippen molar-refractivity contribution >= 4 is 53.7 Å². The van der Waals surface area contributed by atoms with E-state index in [-0.39, 0.29) is 120 Å². The number of ether oxygens (including phenoxy) is 9. The van der Waals surface area contributed by atoms with Crippen LogP contribution in [0.1, 0.15) is 192 Å². The summed E-state index contributed by atoms with van der Waals surface area (Å²) in [5.74, 6) is 14.4. The molecule has 20 rings (SSSR count). The first-order valence-electron chi connectivity index (χ1n) is 41.3. The van der Waals surface area contributed by atoms with E-state index in [0.29, 0.717) is 187 Å². The minimum Gasteiger partial charge on any atom is -0.465 e. The van der Waals surface area contributed by atoms with Crippen LogP contribution in [0.2, 0.25) is 0 Å². The summed E-state index contributed by atoms with van der Waals surface area (Å²) in [6, 6.07) is 0. The van der Waals surface area contributed by atoms with E-state index in [0.717, 1.165) is 83.0 Å². The van der Waals surface area contributed by atoms with Gasteiger partial charge in [-0.1, -0.05) is 27.7 Å². The van der Waals surface area contributed by atoms with Gasteiger partial charge < -0.3 is 47.7 Å². The molecule has 103 heavy (non-hydrogen) atoms. The minimum atomic E-state index is -0.590. The molecule has 16 aliphatic carbocycles. The summed E-state index contributed by atoms with van der Waals surface area (Å²) in [7, 11) is 0. The molecule has 0 aromatic carbocycles. The number of fused-ring (bicyclic) bond motifs is 46. The van der Waals surface area contributed by atoms with Crippen molar-refractivity contribution in [3.8, 4) is 0 Å². The third-order valence-electron chi connectivity index (χ3n) is 35.1. The maximum Gasteiger partial charge on any atom is 0.344 e. The van der Waals surface area contributed by atoms with Gasteiger partial charge in [-0.2, -0.15) is 0 Å². The summed E-state index contributed by atoms with van der Waals surface area (Å²) in [4.78, 5) is 111. The average Bonchev–Trinajstić information content (AvgIpc) is 1.54. The maximum absolute atomic E-state index is 12.7. The van der Waals surface area contributed by atoms with Gasteiger partial charge in [-0.3, -0.25) is 38.4 Å². The van der Waals surface area contributed by atoms with Crippen LogP contribution in [0.5, 0.6) is 0 Å². The SMILES string of the molecule is CCC(C)(C)C(=O)OC1C(CO)C2CC1C1C3CC(C4COC(=O)C43)C21.CCC(C)(C)C(=O)OC1CC2CC1C1C3CC(C4C(=O)OCC34)C21.CCC(C)(C)C(=O)OC1CC2CC1C1C3CC(C4COC(=O)C43)C21.CCC(C)(C)C(=O)OCC(=O)OC1CC2CC1C1C2C2CC1C1(CCOC1=O)C2.